The average Bonchev–Trinajstić information content (AvgIpc) is 2.14. The van der Waals surface area contributed by atoms with E-state index in [4.69, 9.17) is 0 Å². The molecule has 0 spiro atoms. The van der Waals surface area contributed by atoms with Crippen molar-refractivity contribution in [1.82, 2.24) is 4.98 Å². The molecule has 0 atom stereocenters. The van der Waals surface area contributed by atoms with Crippen LogP contribution < -0.4 is 4.74 Å². The van der Waals surface area contributed by atoms with Crippen LogP contribution in [0.3, 0.4) is 0 Å². The molecule has 0 bridgehead atoms. The van der Waals surface area contributed by atoms with E-state index in [9.17, 15) is 22.0 Å². The van der Waals surface area contributed by atoms with E-state index in [-0.39, 0.29) is 5.88 Å². The predicted molar refractivity (Wildman–Crippen MR) is 53.5 cm³/mol. The molecule has 0 saturated carbocycles. The molecular weight excluding hydrogens is 348 g/mol. The van der Waals surface area contributed by atoms with Gasteiger partial charge in [-0.2, -0.15) is 13.2 Å². The monoisotopic (exact) mass is 353 g/mol. The van der Waals surface area contributed by atoms with Crippen LogP contribution in [0.4, 0.5) is 22.0 Å². The molecule has 0 N–H and O–H groups in total. The minimum absolute atomic E-state index is 0.271. The summed E-state index contributed by atoms with van der Waals surface area (Å²) in [6.07, 6.45) is -8.09. The zero-order valence-corrected chi connectivity index (χ0v) is 9.94. The highest BCUT2D eigenvalue weighted by Gasteiger charge is 2.39. The van der Waals surface area contributed by atoms with Gasteiger partial charge in [-0.05, 0) is 22.6 Å². The van der Waals surface area contributed by atoms with Crippen molar-refractivity contribution in [3.8, 4) is 5.88 Å². The summed E-state index contributed by atoms with van der Waals surface area (Å²) in [6, 6.07) is 0.593. The van der Waals surface area contributed by atoms with E-state index in [1.54, 1.807) is 0 Å². The number of ether oxygens (including phenoxy) is 1. The summed E-state index contributed by atoms with van der Waals surface area (Å²) >= 11 is 1.25. The van der Waals surface area contributed by atoms with Gasteiger partial charge in [0.2, 0.25) is 5.88 Å². The summed E-state index contributed by atoms with van der Waals surface area (Å²) in [4.78, 5) is 3.41. The van der Waals surface area contributed by atoms with Gasteiger partial charge in [0.25, 0.3) is 6.43 Å². The predicted octanol–water partition coefficient (Wildman–Crippen LogP) is 3.65. The molecule has 90 valence electrons. The molecule has 0 aliphatic carbocycles. The fourth-order valence-corrected chi connectivity index (χ4v) is 1.92. The Labute approximate surface area is 101 Å². The van der Waals surface area contributed by atoms with E-state index in [1.165, 1.54) is 22.6 Å². The number of aromatic nitrogens is 1. The molecule has 0 aliphatic rings. The van der Waals surface area contributed by atoms with Gasteiger partial charge in [-0.25, -0.2) is 13.8 Å². The van der Waals surface area contributed by atoms with Crippen LogP contribution in [0.25, 0.3) is 0 Å². The first-order chi connectivity index (χ1) is 7.27. The Morgan fingerprint density at radius 3 is 2.31 bits per heavy atom. The molecule has 0 aromatic carbocycles. The summed E-state index contributed by atoms with van der Waals surface area (Å²) in [5, 5.41) is 0. The highest BCUT2D eigenvalue weighted by Crippen LogP contribution is 2.39. The number of alkyl halides is 5. The molecule has 0 unspecified atom stereocenters. The first kappa shape index (κ1) is 13.4. The fourth-order valence-electron chi connectivity index (χ4n) is 1.07. The second kappa shape index (κ2) is 4.68. The molecule has 1 rings (SSSR count). The van der Waals surface area contributed by atoms with Crippen molar-refractivity contribution in [1.29, 1.82) is 0 Å². The summed E-state index contributed by atoms with van der Waals surface area (Å²) in [5.74, 6) is -0.271. The number of hydrogen-bond acceptors (Lipinski definition) is 2. The van der Waals surface area contributed by atoms with Crippen molar-refractivity contribution >= 4 is 22.6 Å². The Hall–Kier alpha value is -0.670. The Morgan fingerprint density at radius 2 is 1.94 bits per heavy atom. The summed E-state index contributed by atoms with van der Waals surface area (Å²) in [6.45, 7) is 0. The third kappa shape index (κ3) is 2.71. The van der Waals surface area contributed by atoms with Gasteiger partial charge in [-0.15, -0.1) is 0 Å². The molecular formula is C8H5F5INO. The standard InChI is InChI=1S/C8H5F5INO/c1-16-4-2-3(6(9)10)5(7(14)15-4)8(11,12)13/h2,6H,1H3. The Balaban J connectivity index is 3.46. The zero-order chi connectivity index (χ0) is 12.5. The molecule has 0 fully saturated rings. The van der Waals surface area contributed by atoms with Crippen LogP contribution in [-0.2, 0) is 6.18 Å². The van der Waals surface area contributed by atoms with E-state index in [0.717, 1.165) is 7.11 Å². The Kier molecular flexibility index (Phi) is 3.92. The van der Waals surface area contributed by atoms with Crippen LogP contribution in [0.1, 0.15) is 17.6 Å². The number of nitrogens with zero attached hydrogens (tertiary/aromatic N) is 1. The lowest BCUT2D eigenvalue weighted by Gasteiger charge is -2.14. The number of pyridine rings is 1. The maximum Gasteiger partial charge on any atom is 0.419 e. The van der Waals surface area contributed by atoms with Crippen LogP contribution in [-0.4, -0.2) is 12.1 Å². The molecule has 16 heavy (non-hydrogen) atoms. The van der Waals surface area contributed by atoms with Crippen molar-refractivity contribution in [3.05, 3.63) is 20.9 Å². The van der Waals surface area contributed by atoms with E-state index in [1.807, 2.05) is 0 Å². The van der Waals surface area contributed by atoms with Gasteiger partial charge in [0.1, 0.15) is 3.70 Å². The van der Waals surface area contributed by atoms with Crippen LogP contribution in [0.15, 0.2) is 6.07 Å². The first-order valence-corrected chi connectivity index (χ1v) is 4.95. The van der Waals surface area contributed by atoms with Gasteiger partial charge in [0.05, 0.1) is 12.7 Å². The minimum Gasteiger partial charge on any atom is -0.481 e. The number of hydrogen-bond donors (Lipinski definition) is 0. The largest absolute Gasteiger partial charge is 0.481 e. The van der Waals surface area contributed by atoms with Gasteiger partial charge in [-0.3, -0.25) is 0 Å². The smallest absolute Gasteiger partial charge is 0.419 e. The van der Waals surface area contributed by atoms with Crippen molar-refractivity contribution in [2.75, 3.05) is 7.11 Å². The van der Waals surface area contributed by atoms with Gasteiger partial charge in [0, 0.05) is 11.6 Å². The first-order valence-electron chi connectivity index (χ1n) is 3.87. The van der Waals surface area contributed by atoms with Crippen LogP contribution in [0.5, 0.6) is 5.88 Å². The molecule has 0 saturated heterocycles. The summed E-state index contributed by atoms with van der Waals surface area (Å²) < 4.78 is 66.4. The van der Waals surface area contributed by atoms with Crippen molar-refractivity contribution in [3.63, 3.8) is 0 Å². The maximum absolute atomic E-state index is 12.5. The fraction of sp³-hybridized carbons (Fsp3) is 0.375. The zero-order valence-electron chi connectivity index (χ0n) is 7.78. The normalized spacial score (nSPS) is 12.0. The topological polar surface area (TPSA) is 22.1 Å². The average molecular weight is 353 g/mol. The molecule has 0 radical (unpaired) electrons. The molecule has 0 amide bonds. The molecule has 1 aromatic rings. The number of halogens is 6. The van der Waals surface area contributed by atoms with E-state index >= 15 is 0 Å². The third-order valence-corrected chi connectivity index (χ3v) is 2.49. The number of methoxy groups -OCH3 is 1. The second-order valence-electron chi connectivity index (χ2n) is 2.72. The highest BCUT2D eigenvalue weighted by molar-refractivity contribution is 14.1. The summed E-state index contributed by atoms with van der Waals surface area (Å²) in [5.41, 5.74) is -2.53. The van der Waals surface area contributed by atoms with Crippen LogP contribution in [0, 0.1) is 3.70 Å². The van der Waals surface area contributed by atoms with Gasteiger partial charge in [0.15, 0.2) is 0 Å². The molecule has 1 heterocycles. The maximum atomic E-state index is 12.5. The van der Waals surface area contributed by atoms with Crippen molar-refractivity contribution in [2.45, 2.75) is 12.6 Å². The second-order valence-corrected chi connectivity index (χ2v) is 3.74. The van der Waals surface area contributed by atoms with Gasteiger partial charge in [-0.1, -0.05) is 0 Å². The van der Waals surface area contributed by atoms with Gasteiger partial charge < -0.3 is 4.74 Å². The van der Waals surface area contributed by atoms with Crippen molar-refractivity contribution < 1.29 is 26.7 Å². The quantitative estimate of drug-likeness (QED) is 0.460. The minimum atomic E-state index is -4.86. The Bertz CT molecular complexity index is 393. The lowest BCUT2D eigenvalue weighted by molar-refractivity contribution is -0.140. The van der Waals surface area contributed by atoms with Crippen molar-refractivity contribution in [2.24, 2.45) is 0 Å². The highest BCUT2D eigenvalue weighted by atomic mass is 127. The molecule has 2 nitrogen and oxygen atoms in total. The molecule has 0 aliphatic heterocycles. The summed E-state index contributed by atoms with van der Waals surface area (Å²) in [7, 11) is 1.14. The van der Waals surface area contributed by atoms with E-state index in [0.29, 0.717) is 6.07 Å². The lowest BCUT2D eigenvalue weighted by atomic mass is 10.1. The third-order valence-electron chi connectivity index (χ3n) is 1.71. The van der Waals surface area contributed by atoms with E-state index < -0.39 is 27.4 Å². The van der Waals surface area contributed by atoms with E-state index in [2.05, 4.69) is 9.72 Å². The van der Waals surface area contributed by atoms with Crippen LogP contribution >= 0.6 is 22.6 Å². The van der Waals surface area contributed by atoms with Crippen LogP contribution in [0.2, 0.25) is 0 Å². The Morgan fingerprint density at radius 1 is 1.38 bits per heavy atom. The lowest BCUT2D eigenvalue weighted by Crippen LogP contribution is -2.14. The SMILES string of the molecule is COc1cc(C(F)F)c(C(F)(F)F)c(I)n1. The van der Waals surface area contributed by atoms with Gasteiger partial charge >= 0.3 is 6.18 Å². The molecule has 1 aromatic heterocycles. The molecule has 8 heteroatoms. The number of rotatable bonds is 2.